The minimum atomic E-state index is -0.368. The van der Waals surface area contributed by atoms with Crippen LogP contribution >= 0.6 is 11.3 Å². The van der Waals surface area contributed by atoms with E-state index in [-0.39, 0.29) is 12.6 Å². The lowest BCUT2D eigenvalue weighted by Gasteiger charge is -2.06. The van der Waals surface area contributed by atoms with Gasteiger partial charge in [-0.1, -0.05) is 54.6 Å². The van der Waals surface area contributed by atoms with Crippen molar-refractivity contribution >= 4 is 44.4 Å². The van der Waals surface area contributed by atoms with Gasteiger partial charge in [-0.3, -0.25) is 0 Å². The number of carbonyl (C=O) groups is 1. The molecule has 3 aromatic carbocycles. The van der Waals surface area contributed by atoms with Gasteiger partial charge in [-0.15, -0.1) is 11.3 Å². The largest absolute Gasteiger partial charge is 0.458 e. The maximum Gasteiger partial charge on any atom is 0.331 e. The lowest BCUT2D eigenvalue weighted by atomic mass is 10.1. The molecule has 0 spiro atoms. The zero-order chi connectivity index (χ0) is 17.1. The number of para-hydroxylation sites is 1. The molecule has 4 heteroatoms. The summed E-state index contributed by atoms with van der Waals surface area (Å²) in [6.07, 6.45) is 3.14. The maximum absolute atomic E-state index is 12.0. The van der Waals surface area contributed by atoms with Crippen LogP contribution in [0.5, 0.6) is 0 Å². The molecule has 122 valence electrons. The van der Waals surface area contributed by atoms with Gasteiger partial charge in [-0.25, -0.2) is 9.78 Å². The number of aromatic nitrogens is 1. The van der Waals surface area contributed by atoms with Gasteiger partial charge in [-0.2, -0.15) is 0 Å². The first-order chi connectivity index (χ1) is 12.3. The number of hydrogen-bond donors (Lipinski definition) is 0. The summed E-state index contributed by atoms with van der Waals surface area (Å²) in [7, 11) is 0. The molecule has 3 nitrogen and oxygen atoms in total. The van der Waals surface area contributed by atoms with Crippen LogP contribution in [-0.2, 0) is 16.1 Å². The molecule has 0 aliphatic carbocycles. The zero-order valence-electron chi connectivity index (χ0n) is 13.4. The molecule has 0 atom stereocenters. The number of fused-ring (bicyclic) bond motifs is 2. The molecule has 0 aliphatic rings. The van der Waals surface area contributed by atoms with Crippen molar-refractivity contribution in [1.82, 2.24) is 4.98 Å². The Bertz CT molecular complexity index is 1040. The standard InChI is InChI=1S/C21H15NO2S/c23-21(13-12-20-22-18-10-3-4-11-19(18)25-20)24-14-16-8-5-7-15-6-1-2-9-17(15)16/h1-13H,14H2/b13-12+. The third-order valence-electron chi connectivity index (χ3n) is 3.92. The molecule has 0 unspecified atom stereocenters. The van der Waals surface area contributed by atoms with Gasteiger partial charge in [0.2, 0.25) is 0 Å². The number of thiazole rings is 1. The van der Waals surface area contributed by atoms with Crippen molar-refractivity contribution in [2.75, 3.05) is 0 Å². The SMILES string of the molecule is O=C(/C=C/c1nc2ccccc2s1)OCc1cccc2ccccc12. The Labute approximate surface area is 149 Å². The van der Waals surface area contributed by atoms with E-state index in [2.05, 4.69) is 4.98 Å². The van der Waals surface area contributed by atoms with Crippen molar-refractivity contribution in [3.8, 4) is 0 Å². The Balaban J connectivity index is 1.45. The van der Waals surface area contributed by atoms with E-state index in [0.717, 1.165) is 31.6 Å². The fourth-order valence-corrected chi connectivity index (χ4v) is 3.59. The molecule has 4 rings (SSSR count). The molecule has 0 saturated heterocycles. The van der Waals surface area contributed by atoms with E-state index in [4.69, 9.17) is 4.74 Å². The fourth-order valence-electron chi connectivity index (χ4n) is 2.72. The predicted octanol–water partition coefficient (Wildman–Crippen LogP) is 5.21. The van der Waals surface area contributed by atoms with Crippen molar-refractivity contribution in [3.05, 3.63) is 83.4 Å². The molecule has 0 fully saturated rings. The summed E-state index contributed by atoms with van der Waals surface area (Å²) in [6, 6.07) is 22.0. The van der Waals surface area contributed by atoms with Crippen LogP contribution in [0.2, 0.25) is 0 Å². The Morgan fingerprint density at radius 2 is 1.80 bits per heavy atom. The normalized spacial score (nSPS) is 11.4. The predicted molar refractivity (Wildman–Crippen MR) is 102 cm³/mol. The lowest BCUT2D eigenvalue weighted by Crippen LogP contribution is -2.01. The number of esters is 1. The summed E-state index contributed by atoms with van der Waals surface area (Å²) in [5.41, 5.74) is 1.94. The molecular weight excluding hydrogens is 330 g/mol. The summed E-state index contributed by atoms with van der Waals surface area (Å²) in [6.45, 7) is 0.254. The smallest absolute Gasteiger partial charge is 0.331 e. The van der Waals surface area contributed by atoms with Crippen LogP contribution in [0.3, 0.4) is 0 Å². The second-order valence-corrected chi connectivity index (χ2v) is 6.66. The van der Waals surface area contributed by atoms with Gasteiger partial charge in [0.05, 0.1) is 10.2 Å². The van der Waals surface area contributed by atoms with Crippen molar-refractivity contribution in [1.29, 1.82) is 0 Å². The Morgan fingerprint density at radius 3 is 2.72 bits per heavy atom. The average molecular weight is 345 g/mol. The highest BCUT2D eigenvalue weighted by Crippen LogP contribution is 2.22. The number of benzene rings is 3. The monoisotopic (exact) mass is 345 g/mol. The summed E-state index contributed by atoms with van der Waals surface area (Å²) >= 11 is 1.55. The molecule has 4 aromatic rings. The van der Waals surface area contributed by atoms with Gasteiger partial charge in [0, 0.05) is 6.08 Å². The van der Waals surface area contributed by atoms with Crippen molar-refractivity contribution in [3.63, 3.8) is 0 Å². The first kappa shape index (κ1) is 15.5. The van der Waals surface area contributed by atoms with Crippen LogP contribution < -0.4 is 0 Å². The van der Waals surface area contributed by atoms with Gasteiger partial charge < -0.3 is 4.74 Å². The van der Waals surface area contributed by atoms with Crippen molar-refractivity contribution in [2.45, 2.75) is 6.61 Å². The highest BCUT2D eigenvalue weighted by atomic mass is 32.1. The Morgan fingerprint density at radius 1 is 1.00 bits per heavy atom. The third kappa shape index (κ3) is 3.44. The number of rotatable bonds is 4. The van der Waals surface area contributed by atoms with E-state index in [1.165, 1.54) is 6.08 Å². The topological polar surface area (TPSA) is 39.2 Å². The van der Waals surface area contributed by atoms with Gasteiger partial charge in [0.15, 0.2) is 0 Å². The van der Waals surface area contributed by atoms with Crippen LogP contribution in [0.25, 0.3) is 27.1 Å². The minimum Gasteiger partial charge on any atom is -0.458 e. The van der Waals surface area contributed by atoms with Gasteiger partial charge in [0.25, 0.3) is 0 Å². The molecule has 1 aromatic heterocycles. The Kier molecular flexibility index (Phi) is 4.27. The Hall–Kier alpha value is -2.98. The van der Waals surface area contributed by atoms with Crippen LogP contribution in [0.4, 0.5) is 0 Å². The molecule has 0 amide bonds. The van der Waals surface area contributed by atoms with Crippen LogP contribution in [0.1, 0.15) is 10.6 Å². The van der Waals surface area contributed by atoms with Crippen molar-refractivity contribution < 1.29 is 9.53 Å². The number of hydrogen-bond acceptors (Lipinski definition) is 4. The molecular formula is C21H15NO2S. The van der Waals surface area contributed by atoms with Crippen LogP contribution in [0.15, 0.2) is 72.8 Å². The van der Waals surface area contributed by atoms with E-state index in [9.17, 15) is 4.79 Å². The summed E-state index contributed by atoms with van der Waals surface area (Å²) < 4.78 is 6.49. The summed E-state index contributed by atoms with van der Waals surface area (Å²) in [4.78, 5) is 16.5. The van der Waals surface area contributed by atoms with E-state index >= 15 is 0 Å². The van der Waals surface area contributed by atoms with Gasteiger partial charge >= 0.3 is 5.97 Å². The third-order valence-corrected chi connectivity index (χ3v) is 4.92. The molecule has 0 bridgehead atoms. The first-order valence-corrected chi connectivity index (χ1v) is 8.78. The molecule has 0 saturated carbocycles. The minimum absolute atomic E-state index is 0.254. The van der Waals surface area contributed by atoms with E-state index in [1.54, 1.807) is 17.4 Å². The van der Waals surface area contributed by atoms with Gasteiger partial charge in [0.1, 0.15) is 11.6 Å². The lowest BCUT2D eigenvalue weighted by molar-refractivity contribution is -0.138. The molecule has 25 heavy (non-hydrogen) atoms. The number of nitrogens with zero attached hydrogens (tertiary/aromatic N) is 1. The second kappa shape index (κ2) is 6.87. The first-order valence-electron chi connectivity index (χ1n) is 7.97. The van der Waals surface area contributed by atoms with E-state index in [1.807, 2.05) is 66.7 Å². The van der Waals surface area contributed by atoms with E-state index < -0.39 is 0 Å². The summed E-state index contributed by atoms with van der Waals surface area (Å²) in [5, 5.41) is 3.04. The highest BCUT2D eigenvalue weighted by Gasteiger charge is 2.04. The number of carbonyl (C=O) groups excluding carboxylic acids is 1. The van der Waals surface area contributed by atoms with Crippen LogP contribution in [0, 0.1) is 0 Å². The van der Waals surface area contributed by atoms with Crippen LogP contribution in [-0.4, -0.2) is 11.0 Å². The average Bonchev–Trinajstić information content (AvgIpc) is 3.07. The molecule has 1 heterocycles. The zero-order valence-corrected chi connectivity index (χ0v) is 14.2. The summed E-state index contributed by atoms with van der Waals surface area (Å²) in [5.74, 6) is -0.368. The fraction of sp³-hybridized carbons (Fsp3) is 0.0476. The molecule has 0 aliphatic heterocycles. The molecule has 0 N–H and O–H groups in total. The maximum atomic E-state index is 12.0. The van der Waals surface area contributed by atoms with E-state index in [0.29, 0.717) is 0 Å². The van der Waals surface area contributed by atoms with Crippen molar-refractivity contribution in [2.24, 2.45) is 0 Å². The second-order valence-electron chi connectivity index (χ2n) is 5.60. The van der Waals surface area contributed by atoms with Gasteiger partial charge in [-0.05, 0) is 34.5 Å². The quantitative estimate of drug-likeness (QED) is 0.377. The molecule has 0 radical (unpaired) electrons. The highest BCUT2D eigenvalue weighted by molar-refractivity contribution is 7.19. The number of ether oxygens (including phenoxy) is 1.